The number of benzene rings is 2. The molecule has 0 aromatic heterocycles. The minimum atomic E-state index is -4.58. The van der Waals surface area contributed by atoms with Crippen molar-refractivity contribution in [2.75, 3.05) is 17.2 Å². The quantitative estimate of drug-likeness (QED) is 0.730. The van der Waals surface area contributed by atoms with E-state index in [1.807, 2.05) is 0 Å². The SMILES string of the molecule is Cc1ccc(NC(=O)COc2ccccc2C(F)(F)F)cc1NC(=O)C(C)(C)C. The molecule has 2 N–H and O–H groups in total. The number of anilines is 2. The zero-order valence-electron chi connectivity index (χ0n) is 16.6. The number of carbonyl (C=O) groups is 2. The van der Waals surface area contributed by atoms with Gasteiger partial charge in [0.2, 0.25) is 5.91 Å². The van der Waals surface area contributed by atoms with Crippen molar-refractivity contribution in [2.45, 2.75) is 33.9 Å². The monoisotopic (exact) mass is 408 g/mol. The first-order valence-electron chi connectivity index (χ1n) is 8.89. The number of para-hydroxylation sites is 1. The Morgan fingerprint density at radius 3 is 2.28 bits per heavy atom. The first-order valence-corrected chi connectivity index (χ1v) is 8.89. The van der Waals surface area contributed by atoms with Crippen LogP contribution in [-0.2, 0) is 15.8 Å². The minimum absolute atomic E-state index is 0.184. The van der Waals surface area contributed by atoms with Gasteiger partial charge in [0.15, 0.2) is 6.61 Å². The van der Waals surface area contributed by atoms with Gasteiger partial charge < -0.3 is 15.4 Å². The fraction of sp³-hybridized carbons (Fsp3) is 0.333. The molecule has 156 valence electrons. The Balaban J connectivity index is 2.05. The summed E-state index contributed by atoms with van der Waals surface area (Å²) in [7, 11) is 0. The van der Waals surface area contributed by atoms with Crippen LogP contribution >= 0.6 is 0 Å². The van der Waals surface area contributed by atoms with Crippen LogP contribution in [0.15, 0.2) is 42.5 Å². The maximum Gasteiger partial charge on any atom is 0.419 e. The zero-order valence-corrected chi connectivity index (χ0v) is 16.6. The molecule has 8 heteroatoms. The summed E-state index contributed by atoms with van der Waals surface area (Å²) < 4.78 is 44.0. The van der Waals surface area contributed by atoms with Crippen LogP contribution in [0.1, 0.15) is 31.9 Å². The van der Waals surface area contributed by atoms with Gasteiger partial charge in [-0.1, -0.05) is 39.0 Å². The third kappa shape index (κ3) is 6.23. The highest BCUT2D eigenvalue weighted by Crippen LogP contribution is 2.35. The molecule has 0 saturated heterocycles. The third-order valence-electron chi connectivity index (χ3n) is 4.00. The molecule has 0 heterocycles. The minimum Gasteiger partial charge on any atom is -0.483 e. The summed E-state index contributed by atoms with van der Waals surface area (Å²) in [5, 5.41) is 5.35. The van der Waals surface area contributed by atoms with Gasteiger partial charge in [-0.3, -0.25) is 9.59 Å². The van der Waals surface area contributed by atoms with Gasteiger partial charge in [-0.2, -0.15) is 13.2 Å². The van der Waals surface area contributed by atoms with E-state index in [0.29, 0.717) is 11.4 Å². The van der Waals surface area contributed by atoms with Gasteiger partial charge in [-0.25, -0.2) is 0 Å². The van der Waals surface area contributed by atoms with Gasteiger partial charge in [0.05, 0.1) is 5.56 Å². The number of ether oxygens (including phenoxy) is 1. The highest BCUT2D eigenvalue weighted by atomic mass is 19.4. The topological polar surface area (TPSA) is 67.4 Å². The van der Waals surface area contributed by atoms with Crippen LogP contribution in [0.25, 0.3) is 0 Å². The van der Waals surface area contributed by atoms with Crippen LogP contribution in [0, 0.1) is 12.3 Å². The molecule has 0 spiro atoms. The Hall–Kier alpha value is -3.03. The maximum atomic E-state index is 13.0. The van der Waals surface area contributed by atoms with E-state index < -0.39 is 35.4 Å². The average Bonchev–Trinajstić information content (AvgIpc) is 2.61. The summed E-state index contributed by atoms with van der Waals surface area (Å²) in [5.74, 6) is -1.23. The summed E-state index contributed by atoms with van der Waals surface area (Å²) in [4.78, 5) is 24.3. The van der Waals surface area contributed by atoms with E-state index in [1.54, 1.807) is 45.9 Å². The van der Waals surface area contributed by atoms with Gasteiger partial charge in [0, 0.05) is 16.8 Å². The largest absolute Gasteiger partial charge is 0.483 e. The van der Waals surface area contributed by atoms with Gasteiger partial charge in [0.1, 0.15) is 5.75 Å². The lowest BCUT2D eigenvalue weighted by atomic mass is 9.95. The lowest BCUT2D eigenvalue weighted by Crippen LogP contribution is -2.28. The highest BCUT2D eigenvalue weighted by molar-refractivity contribution is 5.97. The van der Waals surface area contributed by atoms with Crippen LogP contribution in [0.3, 0.4) is 0 Å². The number of rotatable bonds is 5. The van der Waals surface area contributed by atoms with Crippen molar-refractivity contribution >= 4 is 23.2 Å². The van der Waals surface area contributed by atoms with Crippen molar-refractivity contribution in [3.63, 3.8) is 0 Å². The molecule has 0 saturated carbocycles. The molecule has 0 atom stereocenters. The Labute approximate surface area is 167 Å². The fourth-order valence-corrected chi connectivity index (χ4v) is 2.31. The second kappa shape index (κ2) is 8.55. The lowest BCUT2D eigenvalue weighted by molar-refractivity contribution is -0.139. The van der Waals surface area contributed by atoms with Crippen LogP contribution in [0.2, 0.25) is 0 Å². The van der Waals surface area contributed by atoms with Crippen molar-refractivity contribution in [2.24, 2.45) is 5.41 Å². The van der Waals surface area contributed by atoms with Crippen molar-refractivity contribution < 1.29 is 27.5 Å². The van der Waals surface area contributed by atoms with E-state index in [4.69, 9.17) is 4.74 Å². The van der Waals surface area contributed by atoms with Gasteiger partial charge in [-0.15, -0.1) is 0 Å². The molecule has 0 aliphatic rings. The molecule has 29 heavy (non-hydrogen) atoms. The van der Waals surface area contributed by atoms with E-state index in [2.05, 4.69) is 10.6 Å². The van der Waals surface area contributed by atoms with Crippen molar-refractivity contribution in [1.82, 2.24) is 0 Å². The van der Waals surface area contributed by atoms with Gasteiger partial charge in [0.25, 0.3) is 5.91 Å². The molecule has 0 aliphatic carbocycles. The molecular weight excluding hydrogens is 385 g/mol. The molecule has 5 nitrogen and oxygen atoms in total. The molecule has 2 aromatic rings. The van der Waals surface area contributed by atoms with Gasteiger partial charge in [-0.05, 0) is 36.8 Å². The van der Waals surface area contributed by atoms with Gasteiger partial charge >= 0.3 is 6.18 Å². The predicted molar refractivity (Wildman–Crippen MR) is 105 cm³/mol. The number of nitrogens with one attached hydrogen (secondary N) is 2. The summed E-state index contributed by atoms with van der Waals surface area (Å²) in [6.07, 6.45) is -4.58. The van der Waals surface area contributed by atoms with Crippen molar-refractivity contribution in [3.05, 3.63) is 53.6 Å². The van der Waals surface area contributed by atoms with E-state index in [1.165, 1.54) is 12.1 Å². The molecule has 2 aromatic carbocycles. The van der Waals surface area contributed by atoms with Crippen LogP contribution < -0.4 is 15.4 Å². The maximum absolute atomic E-state index is 13.0. The Bertz CT molecular complexity index is 903. The van der Waals surface area contributed by atoms with Crippen LogP contribution in [-0.4, -0.2) is 18.4 Å². The fourth-order valence-electron chi connectivity index (χ4n) is 2.31. The summed E-state index contributed by atoms with van der Waals surface area (Å²) in [6.45, 7) is 6.55. The second-order valence-electron chi connectivity index (χ2n) is 7.56. The lowest BCUT2D eigenvalue weighted by Gasteiger charge is -2.19. The first-order chi connectivity index (χ1) is 13.4. The van der Waals surface area contributed by atoms with E-state index in [-0.39, 0.29) is 5.91 Å². The average molecular weight is 408 g/mol. The first kappa shape index (κ1) is 22.3. The van der Waals surface area contributed by atoms with Crippen molar-refractivity contribution in [1.29, 1.82) is 0 Å². The summed E-state index contributed by atoms with van der Waals surface area (Å²) >= 11 is 0. The van der Waals surface area contributed by atoms with E-state index in [0.717, 1.165) is 17.7 Å². The number of halogens is 3. The van der Waals surface area contributed by atoms with E-state index in [9.17, 15) is 22.8 Å². The Kier molecular flexibility index (Phi) is 6.56. The van der Waals surface area contributed by atoms with Crippen LogP contribution in [0.4, 0.5) is 24.5 Å². The number of alkyl halides is 3. The number of hydrogen-bond acceptors (Lipinski definition) is 3. The predicted octanol–water partition coefficient (Wildman–Crippen LogP) is 5.02. The molecule has 0 radical (unpaired) electrons. The Morgan fingerprint density at radius 2 is 1.66 bits per heavy atom. The van der Waals surface area contributed by atoms with Crippen LogP contribution in [0.5, 0.6) is 5.75 Å². The molecule has 0 fully saturated rings. The second-order valence-corrected chi connectivity index (χ2v) is 7.56. The molecule has 0 bridgehead atoms. The molecule has 0 unspecified atom stereocenters. The third-order valence-corrected chi connectivity index (χ3v) is 4.00. The smallest absolute Gasteiger partial charge is 0.419 e. The number of aryl methyl sites for hydroxylation is 1. The molecular formula is C21H23F3N2O3. The summed E-state index contributed by atoms with van der Waals surface area (Å²) in [6, 6.07) is 9.61. The number of amides is 2. The Morgan fingerprint density at radius 1 is 1.00 bits per heavy atom. The standard InChI is InChI=1S/C21H23F3N2O3/c1-13-9-10-14(11-16(13)26-19(28)20(2,3)4)25-18(27)12-29-17-8-6-5-7-15(17)21(22,23)24/h5-11H,12H2,1-4H3,(H,25,27)(H,26,28). The number of hydrogen-bond donors (Lipinski definition) is 2. The molecule has 2 rings (SSSR count). The zero-order chi connectivity index (χ0) is 21.8. The highest BCUT2D eigenvalue weighted by Gasteiger charge is 2.34. The van der Waals surface area contributed by atoms with Crippen molar-refractivity contribution in [3.8, 4) is 5.75 Å². The molecule has 2 amide bonds. The van der Waals surface area contributed by atoms with E-state index >= 15 is 0 Å². The number of carbonyl (C=O) groups excluding carboxylic acids is 2. The summed E-state index contributed by atoms with van der Waals surface area (Å²) in [5.41, 5.74) is 0.181. The molecule has 0 aliphatic heterocycles. The normalized spacial score (nSPS) is 11.7.